The van der Waals surface area contributed by atoms with Gasteiger partial charge in [-0.25, -0.2) is 0 Å². The molecule has 0 unspecified atom stereocenters. The van der Waals surface area contributed by atoms with Gasteiger partial charge in [-0.15, -0.1) is 0 Å². The van der Waals surface area contributed by atoms with E-state index in [-0.39, 0.29) is 22.6 Å². The molecule has 2 aromatic heterocycles. The molecule has 2 N–H and O–H groups in total. The van der Waals surface area contributed by atoms with Gasteiger partial charge in [-0.2, -0.15) is 13.2 Å². The van der Waals surface area contributed by atoms with Crippen LogP contribution in [0.1, 0.15) is 35.9 Å². The van der Waals surface area contributed by atoms with E-state index >= 15 is 0 Å². The van der Waals surface area contributed by atoms with Crippen LogP contribution in [0.25, 0.3) is 16.6 Å². The van der Waals surface area contributed by atoms with Crippen LogP contribution in [0.15, 0.2) is 35.1 Å². The van der Waals surface area contributed by atoms with Crippen molar-refractivity contribution in [3.8, 4) is 17.2 Å². The number of carbonyl (C=O) groups excluding carboxylic acids is 2. The number of ether oxygens (including phenoxy) is 2. The monoisotopic (exact) mass is 564 g/mol. The lowest BCUT2D eigenvalue weighted by molar-refractivity contribution is -0.153. The minimum Gasteiger partial charge on any atom is -0.497 e. The first-order chi connectivity index (χ1) is 19.0. The number of halogens is 3. The Balaban J connectivity index is 1.79. The van der Waals surface area contributed by atoms with E-state index in [0.717, 1.165) is 0 Å². The second-order valence-corrected chi connectivity index (χ2v) is 9.52. The quantitative estimate of drug-likeness (QED) is 0.435. The van der Waals surface area contributed by atoms with Crippen molar-refractivity contribution < 1.29 is 37.3 Å². The number of aryl methyl sites for hydroxylation is 2. The van der Waals surface area contributed by atoms with Crippen molar-refractivity contribution in [1.29, 1.82) is 0 Å². The Hall–Kier alpha value is -4.00. The summed E-state index contributed by atoms with van der Waals surface area (Å²) >= 11 is 0. The molecule has 216 valence electrons. The number of amides is 2. The molecule has 1 fully saturated rings. The number of benzene rings is 1. The maximum Gasteiger partial charge on any atom is 0.422 e. The summed E-state index contributed by atoms with van der Waals surface area (Å²) in [5.74, 6) is -0.997. The van der Waals surface area contributed by atoms with Crippen molar-refractivity contribution in [2.45, 2.75) is 38.4 Å². The molecule has 1 aromatic carbocycles. The Bertz CT molecular complexity index is 1450. The van der Waals surface area contributed by atoms with Crippen LogP contribution in [0.4, 0.5) is 13.2 Å². The van der Waals surface area contributed by atoms with Gasteiger partial charge in [0.25, 0.3) is 11.5 Å². The van der Waals surface area contributed by atoms with Crippen molar-refractivity contribution in [2.75, 3.05) is 33.4 Å². The molecule has 3 heterocycles. The van der Waals surface area contributed by atoms with E-state index in [1.165, 1.54) is 28.2 Å². The molecule has 1 aliphatic heterocycles. The molecule has 3 aromatic rings. The summed E-state index contributed by atoms with van der Waals surface area (Å²) in [5, 5.41) is 11.7. The third kappa shape index (κ3) is 5.79. The highest BCUT2D eigenvalue weighted by atomic mass is 19.4. The van der Waals surface area contributed by atoms with Crippen LogP contribution < -0.4 is 20.3 Å². The summed E-state index contributed by atoms with van der Waals surface area (Å²) < 4.78 is 52.8. The molecule has 0 aliphatic carbocycles. The Morgan fingerprint density at radius 2 is 1.80 bits per heavy atom. The maximum atomic E-state index is 13.9. The summed E-state index contributed by atoms with van der Waals surface area (Å²) in [4.78, 5) is 40.6. The lowest BCUT2D eigenvalue weighted by atomic mass is 10.0. The standard InChI is InChI=1S/C27H31F3N4O6/c1-4-17-13-20-22(26(38)34(17)18-5-7-19(39-3)8-6-18)24(40-15-27(28,29)30)23(32(20)2)25(37)31-16-9-11-33(12-10-16)21(36)14-35/h5-8,13,16,35H,4,9-12,14-15H2,1-3H3,(H,31,37). The van der Waals surface area contributed by atoms with E-state index in [0.29, 0.717) is 49.5 Å². The first kappa shape index (κ1) is 29.0. The van der Waals surface area contributed by atoms with Gasteiger partial charge in [0.2, 0.25) is 5.91 Å². The van der Waals surface area contributed by atoms with Crippen LogP contribution in [0.3, 0.4) is 0 Å². The van der Waals surface area contributed by atoms with Gasteiger partial charge in [0.15, 0.2) is 18.1 Å². The molecule has 1 aliphatic rings. The molecule has 0 bridgehead atoms. The number of pyridine rings is 1. The molecular formula is C27H31F3N4O6. The third-order valence-electron chi connectivity index (χ3n) is 7.01. The number of hydrogen-bond acceptors (Lipinski definition) is 6. The number of aliphatic hydroxyl groups is 1. The van der Waals surface area contributed by atoms with Gasteiger partial charge >= 0.3 is 6.18 Å². The number of nitrogens with zero attached hydrogens (tertiary/aromatic N) is 3. The Labute approximate surface area is 227 Å². The molecule has 40 heavy (non-hydrogen) atoms. The van der Waals surface area contributed by atoms with Gasteiger partial charge in [0, 0.05) is 37.6 Å². The van der Waals surface area contributed by atoms with Gasteiger partial charge in [0.1, 0.15) is 17.7 Å². The van der Waals surface area contributed by atoms with Crippen LogP contribution >= 0.6 is 0 Å². The minimum atomic E-state index is -4.71. The molecule has 13 heteroatoms. The fourth-order valence-corrected chi connectivity index (χ4v) is 4.97. The predicted octanol–water partition coefficient (Wildman–Crippen LogP) is 2.55. The van der Waals surface area contributed by atoms with E-state index < -0.39 is 42.5 Å². The number of aromatic nitrogens is 2. The van der Waals surface area contributed by atoms with Crippen molar-refractivity contribution in [3.05, 3.63) is 52.1 Å². The van der Waals surface area contributed by atoms with Gasteiger partial charge in [-0.05, 0) is 49.6 Å². The van der Waals surface area contributed by atoms with Gasteiger partial charge < -0.3 is 29.4 Å². The number of piperidine rings is 1. The summed E-state index contributed by atoms with van der Waals surface area (Å²) in [6.45, 7) is 0.158. The van der Waals surface area contributed by atoms with Crippen molar-refractivity contribution in [2.24, 2.45) is 7.05 Å². The van der Waals surface area contributed by atoms with Crippen LogP contribution in [0.5, 0.6) is 11.5 Å². The molecule has 0 saturated carbocycles. The zero-order chi connectivity index (χ0) is 29.2. The lowest BCUT2D eigenvalue weighted by Crippen LogP contribution is -2.47. The van der Waals surface area contributed by atoms with Crippen LogP contribution in [0.2, 0.25) is 0 Å². The number of alkyl halides is 3. The fourth-order valence-electron chi connectivity index (χ4n) is 4.97. The molecule has 2 amide bonds. The number of hydrogen-bond donors (Lipinski definition) is 2. The van der Waals surface area contributed by atoms with E-state index in [1.807, 2.05) is 6.92 Å². The molecular weight excluding hydrogens is 533 g/mol. The number of likely N-dealkylation sites (tertiary alicyclic amines) is 1. The minimum absolute atomic E-state index is 0.145. The summed E-state index contributed by atoms with van der Waals surface area (Å²) in [7, 11) is 3.00. The number of rotatable bonds is 8. The molecule has 10 nitrogen and oxygen atoms in total. The SMILES string of the molecule is CCc1cc2c(c(OCC(F)(F)F)c(C(=O)NC3CCN(C(=O)CO)CC3)n2C)c(=O)n1-c1ccc(OC)cc1. The zero-order valence-electron chi connectivity index (χ0n) is 22.4. The largest absolute Gasteiger partial charge is 0.497 e. The highest BCUT2D eigenvalue weighted by Crippen LogP contribution is 2.33. The number of aliphatic hydroxyl groups excluding tert-OH is 1. The predicted molar refractivity (Wildman–Crippen MR) is 140 cm³/mol. The van der Waals surface area contributed by atoms with E-state index in [1.54, 1.807) is 30.3 Å². The van der Waals surface area contributed by atoms with Crippen LogP contribution in [0, 0.1) is 0 Å². The van der Waals surface area contributed by atoms with E-state index in [9.17, 15) is 27.6 Å². The number of nitrogens with one attached hydrogen (secondary N) is 1. The zero-order valence-corrected chi connectivity index (χ0v) is 22.4. The number of fused-ring (bicyclic) bond motifs is 1. The number of methoxy groups -OCH3 is 1. The van der Waals surface area contributed by atoms with Gasteiger partial charge in [-0.1, -0.05) is 6.92 Å². The van der Waals surface area contributed by atoms with Crippen LogP contribution in [-0.2, 0) is 18.3 Å². The molecule has 4 rings (SSSR count). The summed E-state index contributed by atoms with van der Waals surface area (Å²) in [5.41, 5.74) is 0.489. The normalized spacial score (nSPS) is 14.4. The van der Waals surface area contributed by atoms with E-state index in [4.69, 9.17) is 14.6 Å². The Morgan fingerprint density at radius 3 is 2.35 bits per heavy atom. The van der Waals surface area contributed by atoms with Crippen LogP contribution in [-0.4, -0.2) is 76.6 Å². The second kappa shape index (κ2) is 11.6. The third-order valence-corrected chi connectivity index (χ3v) is 7.01. The fraction of sp³-hybridized carbons (Fsp3) is 0.444. The lowest BCUT2D eigenvalue weighted by Gasteiger charge is -2.32. The average molecular weight is 565 g/mol. The summed E-state index contributed by atoms with van der Waals surface area (Å²) in [6, 6.07) is 7.94. The maximum absolute atomic E-state index is 13.9. The van der Waals surface area contributed by atoms with Crippen molar-refractivity contribution >= 4 is 22.7 Å². The molecule has 1 saturated heterocycles. The smallest absolute Gasteiger partial charge is 0.422 e. The van der Waals surface area contributed by atoms with Crippen molar-refractivity contribution in [1.82, 2.24) is 19.4 Å². The first-order valence-corrected chi connectivity index (χ1v) is 12.8. The average Bonchev–Trinajstić information content (AvgIpc) is 3.23. The van der Waals surface area contributed by atoms with Gasteiger partial charge in [0.05, 0.1) is 12.6 Å². The number of carbonyl (C=O) groups is 2. The first-order valence-electron chi connectivity index (χ1n) is 12.8. The second-order valence-electron chi connectivity index (χ2n) is 9.52. The topological polar surface area (TPSA) is 115 Å². The van der Waals surface area contributed by atoms with Gasteiger partial charge in [-0.3, -0.25) is 19.0 Å². The van der Waals surface area contributed by atoms with E-state index in [2.05, 4.69) is 5.32 Å². The summed E-state index contributed by atoms with van der Waals surface area (Å²) in [6.07, 6.45) is -3.50. The highest BCUT2D eigenvalue weighted by molar-refractivity contribution is 6.04. The molecule has 0 atom stereocenters. The van der Waals surface area contributed by atoms with Crippen molar-refractivity contribution in [3.63, 3.8) is 0 Å². The Kier molecular flexibility index (Phi) is 8.43. The molecule has 0 spiro atoms. The highest BCUT2D eigenvalue weighted by Gasteiger charge is 2.34. The Morgan fingerprint density at radius 1 is 1.15 bits per heavy atom. The molecule has 0 radical (unpaired) electrons.